The Bertz CT molecular complexity index is 779. The second kappa shape index (κ2) is 9.58. The standard InChI is InChI=1S/C18H24FN5O3/c1-26-12-7-11(8-13(9-12)27-2)23-17-14(16(21)25)10-15(19)18(24-17)22-6-4-3-5-20/h7-10H,3-6,20H2,1-2H3,(H2,21,25)(H2,22,23,24). The molecule has 0 aliphatic rings. The number of nitrogens with zero attached hydrogens (tertiary/aromatic N) is 1. The number of primary amides is 1. The number of aromatic nitrogens is 1. The van der Waals surface area contributed by atoms with Gasteiger partial charge in [0.05, 0.1) is 19.8 Å². The van der Waals surface area contributed by atoms with Crippen molar-refractivity contribution in [2.24, 2.45) is 11.5 Å². The Hall–Kier alpha value is -3.07. The third-order valence-electron chi connectivity index (χ3n) is 3.78. The summed E-state index contributed by atoms with van der Waals surface area (Å²) in [7, 11) is 3.04. The predicted octanol–water partition coefficient (Wildman–Crippen LogP) is 2.23. The van der Waals surface area contributed by atoms with Crippen molar-refractivity contribution in [3.63, 3.8) is 0 Å². The molecular weight excluding hydrogens is 353 g/mol. The van der Waals surface area contributed by atoms with E-state index in [0.29, 0.717) is 30.3 Å². The zero-order valence-corrected chi connectivity index (χ0v) is 15.3. The summed E-state index contributed by atoms with van der Waals surface area (Å²) < 4.78 is 24.7. The van der Waals surface area contributed by atoms with Crippen LogP contribution in [0.25, 0.3) is 0 Å². The molecule has 0 radical (unpaired) electrons. The number of hydrogen-bond acceptors (Lipinski definition) is 7. The number of carbonyl (C=O) groups excluding carboxylic acids is 1. The van der Waals surface area contributed by atoms with E-state index in [9.17, 15) is 9.18 Å². The summed E-state index contributed by atoms with van der Waals surface area (Å²) in [5, 5.41) is 5.88. The van der Waals surface area contributed by atoms with E-state index in [4.69, 9.17) is 20.9 Å². The Morgan fingerprint density at radius 1 is 1.11 bits per heavy atom. The van der Waals surface area contributed by atoms with E-state index in [0.717, 1.165) is 18.9 Å². The van der Waals surface area contributed by atoms with Crippen LogP contribution in [0.5, 0.6) is 11.5 Å². The van der Waals surface area contributed by atoms with E-state index in [1.54, 1.807) is 18.2 Å². The molecule has 0 atom stereocenters. The van der Waals surface area contributed by atoms with Crippen molar-refractivity contribution in [1.29, 1.82) is 0 Å². The Morgan fingerprint density at radius 3 is 2.33 bits per heavy atom. The third kappa shape index (κ3) is 5.45. The van der Waals surface area contributed by atoms with Crippen LogP contribution in [0.15, 0.2) is 24.3 Å². The van der Waals surface area contributed by atoms with Gasteiger partial charge < -0.3 is 31.6 Å². The normalized spacial score (nSPS) is 10.4. The maximum Gasteiger partial charge on any atom is 0.252 e. The van der Waals surface area contributed by atoms with Gasteiger partial charge in [0.2, 0.25) is 0 Å². The lowest BCUT2D eigenvalue weighted by Crippen LogP contribution is -2.17. The SMILES string of the molecule is COc1cc(Nc2nc(NCCCCN)c(F)cc2C(N)=O)cc(OC)c1. The summed E-state index contributed by atoms with van der Waals surface area (Å²) in [6.45, 7) is 1.06. The highest BCUT2D eigenvalue weighted by Gasteiger charge is 2.16. The molecule has 0 aliphatic heterocycles. The van der Waals surface area contributed by atoms with Crippen molar-refractivity contribution in [1.82, 2.24) is 4.98 Å². The fraction of sp³-hybridized carbons (Fsp3) is 0.333. The molecular formula is C18H24FN5O3. The molecule has 146 valence electrons. The molecule has 8 nitrogen and oxygen atoms in total. The summed E-state index contributed by atoms with van der Waals surface area (Å²) in [5.74, 6) is -0.229. The number of methoxy groups -OCH3 is 2. The van der Waals surface area contributed by atoms with Crippen LogP contribution in [0.1, 0.15) is 23.2 Å². The largest absolute Gasteiger partial charge is 0.497 e. The number of benzene rings is 1. The van der Waals surface area contributed by atoms with Gasteiger partial charge in [-0.2, -0.15) is 0 Å². The van der Waals surface area contributed by atoms with Crippen LogP contribution in [0.2, 0.25) is 0 Å². The first-order valence-corrected chi connectivity index (χ1v) is 8.42. The summed E-state index contributed by atoms with van der Waals surface area (Å²) >= 11 is 0. The Morgan fingerprint density at radius 2 is 1.78 bits per heavy atom. The van der Waals surface area contributed by atoms with Gasteiger partial charge in [0.15, 0.2) is 11.6 Å². The summed E-state index contributed by atoms with van der Waals surface area (Å²) in [6, 6.07) is 6.13. The molecule has 0 fully saturated rings. The van der Waals surface area contributed by atoms with Gasteiger partial charge in [0.1, 0.15) is 17.3 Å². The monoisotopic (exact) mass is 377 g/mol. The van der Waals surface area contributed by atoms with Crippen LogP contribution in [0.4, 0.5) is 21.7 Å². The van der Waals surface area contributed by atoms with Crippen LogP contribution < -0.4 is 31.6 Å². The first-order valence-electron chi connectivity index (χ1n) is 8.42. The highest BCUT2D eigenvalue weighted by Crippen LogP contribution is 2.29. The van der Waals surface area contributed by atoms with Crippen molar-refractivity contribution in [2.45, 2.75) is 12.8 Å². The molecule has 0 saturated carbocycles. The molecule has 27 heavy (non-hydrogen) atoms. The third-order valence-corrected chi connectivity index (χ3v) is 3.78. The molecule has 1 heterocycles. The molecule has 2 rings (SSSR count). The van der Waals surface area contributed by atoms with Crippen LogP contribution in [0, 0.1) is 5.82 Å². The minimum absolute atomic E-state index is 0.0226. The molecule has 0 spiro atoms. The second-order valence-electron chi connectivity index (χ2n) is 5.73. The second-order valence-corrected chi connectivity index (χ2v) is 5.73. The van der Waals surface area contributed by atoms with Crippen molar-refractivity contribution >= 4 is 23.2 Å². The summed E-state index contributed by atoms with van der Waals surface area (Å²) in [5.41, 5.74) is 11.3. The smallest absolute Gasteiger partial charge is 0.252 e. The molecule has 1 aromatic heterocycles. The number of rotatable bonds is 10. The van der Waals surface area contributed by atoms with E-state index in [1.165, 1.54) is 14.2 Å². The molecule has 1 amide bonds. The molecule has 9 heteroatoms. The highest BCUT2D eigenvalue weighted by atomic mass is 19.1. The van der Waals surface area contributed by atoms with Crippen LogP contribution >= 0.6 is 0 Å². The quantitative estimate of drug-likeness (QED) is 0.468. The van der Waals surface area contributed by atoms with Gasteiger partial charge in [-0.3, -0.25) is 4.79 Å². The predicted molar refractivity (Wildman–Crippen MR) is 102 cm³/mol. The van der Waals surface area contributed by atoms with Gasteiger partial charge in [0.25, 0.3) is 5.91 Å². The molecule has 6 N–H and O–H groups in total. The van der Waals surface area contributed by atoms with E-state index < -0.39 is 11.7 Å². The molecule has 2 aromatic rings. The number of anilines is 3. The van der Waals surface area contributed by atoms with Gasteiger partial charge in [-0.1, -0.05) is 0 Å². The number of nitrogens with one attached hydrogen (secondary N) is 2. The lowest BCUT2D eigenvalue weighted by atomic mass is 10.2. The van der Waals surface area contributed by atoms with E-state index >= 15 is 0 Å². The molecule has 0 bridgehead atoms. The number of nitrogens with two attached hydrogens (primary N) is 2. The van der Waals surface area contributed by atoms with E-state index in [-0.39, 0.29) is 17.2 Å². The fourth-order valence-electron chi connectivity index (χ4n) is 2.39. The first kappa shape index (κ1) is 20.2. The highest BCUT2D eigenvalue weighted by molar-refractivity contribution is 5.98. The lowest BCUT2D eigenvalue weighted by Gasteiger charge is -2.14. The number of hydrogen-bond donors (Lipinski definition) is 4. The molecule has 0 aliphatic carbocycles. The fourth-order valence-corrected chi connectivity index (χ4v) is 2.39. The van der Waals surface area contributed by atoms with Gasteiger partial charge in [0, 0.05) is 30.4 Å². The lowest BCUT2D eigenvalue weighted by molar-refractivity contribution is 0.100. The zero-order chi connectivity index (χ0) is 19.8. The van der Waals surface area contributed by atoms with Gasteiger partial charge in [-0.05, 0) is 25.5 Å². The van der Waals surface area contributed by atoms with Gasteiger partial charge >= 0.3 is 0 Å². The maximum atomic E-state index is 14.3. The minimum Gasteiger partial charge on any atom is -0.497 e. The van der Waals surface area contributed by atoms with Crippen molar-refractivity contribution < 1.29 is 18.7 Å². The number of ether oxygens (including phenoxy) is 2. The number of carbonyl (C=O) groups is 1. The summed E-state index contributed by atoms with van der Waals surface area (Å²) in [6.07, 6.45) is 1.58. The summed E-state index contributed by atoms with van der Waals surface area (Å²) in [4.78, 5) is 15.9. The van der Waals surface area contributed by atoms with E-state index in [2.05, 4.69) is 15.6 Å². The van der Waals surface area contributed by atoms with Crippen molar-refractivity contribution in [2.75, 3.05) is 37.9 Å². The zero-order valence-electron chi connectivity index (χ0n) is 15.3. The van der Waals surface area contributed by atoms with Gasteiger partial charge in [-0.25, -0.2) is 9.37 Å². The Labute approximate surface area is 157 Å². The average Bonchev–Trinajstić information content (AvgIpc) is 2.66. The van der Waals surface area contributed by atoms with Crippen LogP contribution in [-0.2, 0) is 0 Å². The first-order chi connectivity index (χ1) is 13.0. The number of unbranched alkanes of at least 4 members (excludes halogenated alkanes) is 1. The average molecular weight is 377 g/mol. The number of halogens is 1. The van der Waals surface area contributed by atoms with Crippen molar-refractivity contribution in [3.8, 4) is 11.5 Å². The Balaban J connectivity index is 2.34. The minimum atomic E-state index is -0.798. The molecule has 0 saturated heterocycles. The molecule has 0 unspecified atom stereocenters. The molecule has 1 aromatic carbocycles. The van der Waals surface area contributed by atoms with Crippen LogP contribution in [0.3, 0.4) is 0 Å². The number of amides is 1. The Kier molecular flexibility index (Phi) is 7.18. The van der Waals surface area contributed by atoms with Crippen LogP contribution in [-0.4, -0.2) is 38.2 Å². The maximum absolute atomic E-state index is 14.3. The van der Waals surface area contributed by atoms with E-state index in [1.807, 2.05) is 0 Å². The van der Waals surface area contributed by atoms with Gasteiger partial charge in [-0.15, -0.1) is 0 Å². The van der Waals surface area contributed by atoms with Crippen molar-refractivity contribution in [3.05, 3.63) is 35.6 Å². The number of pyridine rings is 1. The topological polar surface area (TPSA) is 125 Å².